The molecule has 10 heteroatoms. The quantitative estimate of drug-likeness (QED) is 0.303. The second-order valence-corrected chi connectivity index (χ2v) is 6.68. The minimum atomic E-state index is -1.58. The number of ether oxygens (including phenoxy) is 4. The third kappa shape index (κ3) is 7.98. The Balaban J connectivity index is 2.64. The molecule has 0 amide bonds. The molecule has 0 radical (unpaired) electrons. The number of carbonyl (C=O) groups is 2. The maximum Gasteiger partial charge on any atom is 0.306 e. The summed E-state index contributed by atoms with van der Waals surface area (Å²) >= 11 is 0. The Kier molecular flexibility index (Phi) is 11.5. The first-order valence-corrected chi connectivity index (χ1v) is 9.61. The van der Waals surface area contributed by atoms with Crippen molar-refractivity contribution in [2.45, 2.75) is 82.8 Å². The number of unbranched alkanes of at least 4 members (excludes halogenated alkanes) is 1. The van der Waals surface area contributed by atoms with Gasteiger partial charge < -0.3 is 39.4 Å². The fourth-order valence-corrected chi connectivity index (χ4v) is 2.55. The normalized spacial score (nSPS) is 28.6. The van der Waals surface area contributed by atoms with Gasteiger partial charge in [0, 0.05) is 12.8 Å². The standard InChI is InChI=1S/C18H32O10/c1-3-5-7-14(21)27-11(9-25-13(20)6-4-2)10-26-18-17(24)16(23)15(22)12(8-19)28-18/h11-12,15-19,22-24H,3-10H2,1-2H3. The third-order valence-electron chi connectivity index (χ3n) is 4.21. The van der Waals surface area contributed by atoms with E-state index >= 15 is 0 Å². The largest absolute Gasteiger partial charge is 0.462 e. The van der Waals surface area contributed by atoms with Gasteiger partial charge in [-0.3, -0.25) is 9.59 Å². The molecule has 0 saturated carbocycles. The summed E-state index contributed by atoms with van der Waals surface area (Å²) in [6.45, 7) is 2.66. The molecule has 1 rings (SSSR count). The Labute approximate surface area is 164 Å². The molecule has 4 N–H and O–H groups in total. The fourth-order valence-electron chi connectivity index (χ4n) is 2.55. The highest BCUT2D eigenvalue weighted by molar-refractivity contribution is 5.70. The lowest BCUT2D eigenvalue weighted by Crippen LogP contribution is -2.59. The molecular formula is C18H32O10. The number of hydrogen-bond acceptors (Lipinski definition) is 10. The van der Waals surface area contributed by atoms with E-state index in [9.17, 15) is 30.0 Å². The number of aliphatic hydroxyl groups excluding tert-OH is 4. The van der Waals surface area contributed by atoms with Crippen LogP contribution in [0.2, 0.25) is 0 Å². The van der Waals surface area contributed by atoms with E-state index < -0.39 is 55.4 Å². The monoisotopic (exact) mass is 408 g/mol. The van der Waals surface area contributed by atoms with Gasteiger partial charge in [-0.25, -0.2) is 0 Å². The first-order valence-electron chi connectivity index (χ1n) is 9.61. The average molecular weight is 408 g/mol. The highest BCUT2D eigenvalue weighted by Gasteiger charge is 2.44. The fraction of sp³-hybridized carbons (Fsp3) is 0.889. The molecule has 0 spiro atoms. The van der Waals surface area contributed by atoms with Gasteiger partial charge in [0.2, 0.25) is 0 Å². The molecule has 1 fully saturated rings. The molecule has 10 nitrogen and oxygen atoms in total. The third-order valence-corrected chi connectivity index (χ3v) is 4.21. The van der Waals surface area contributed by atoms with Crippen molar-refractivity contribution in [2.24, 2.45) is 0 Å². The Morgan fingerprint density at radius 3 is 2.29 bits per heavy atom. The maximum atomic E-state index is 11.9. The zero-order valence-corrected chi connectivity index (χ0v) is 16.4. The van der Waals surface area contributed by atoms with Crippen molar-refractivity contribution in [2.75, 3.05) is 19.8 Å². The summed E-state index contributed by atoms with van der Waals surface area (Å²) in [5.41, 5.74) is 0. The number of aliphatic hydroxyl groups is 4. The van der Waals surface area contributed by atoms with Gasteiger partial charge >= 0.3 is 11.9 Å². The molecule has 1 heterocycles. The minimum Gasteiger partial charge on any atom is -0.462 e. The number of esters is 2. The van der Waals surface area contributed by atoms with E-state index in [1.807, 2.05) is 13.8 Å². The van der Waals surface area contributed by atoms with E-state index in [1.165, 1.54) is 0 Å². The van der Waals surface area contributed by atoms with Crippen LogP contribution in [0.15, 0.2) is 0 Å². The van der Waals surface area contributed by atoms with Crippen LogP contribution in [0.1, 0.15) is 46.0 Å². The van der Waals surface area contributed by atoms with Crippen molar-refractivity contribution in [1.29, 1.82) is 0 Å². The van der Waals surface area contributed by atoms with Crippen molar-refractivity contribution < 1.29 is 49.0 Å². The van der Waals surface area contributed by atoms with Crippen LogP contribution in [0.5, 0.6) is 0 Å². The van der Waals surface area contributed by atoms with Crippen LogP contribution in [0.25, 0.3) is 0 Å². The molecule has 1 saturated heterocycles. The Bertz CT molecular complexity index is 469. The van der Waals surface area contributed by atoms with Crippen LogP contribution in [0.3, 0.4) is 0 Å². The van der Waals surface area contributed by atoms with Crippen molar-refractivity contribution in [3.63, 3.8) is 0 Å². The maximum absolute atomic E-state index is 11.9. The highest BCUT2D eigenvalue weighted by Crippen LogP contribution is 2.22. The second kappa shape index (κ2) is 13.0. The van der Waals surface area contributed by atoms with E-state index in [0.29, 0.717) is 12.8 Å². The molecule has 1 aliphatic heterocycles. The van der Waals surface area contributed by atoms with Crippen LogP contribution in [-0.2, 0) is 28.5 Å². The second-order valence-electron chi connectivity index (χ2n) is 6.68. The van der Waals surface area contributed by atoms with Gasteiger partial charge in [-0.2, -0.15) is 0 Å². The molecule has 0 aliphatic carbocycles. The number of hydrogen-bond donors (Lipinski definition) is 4. The predicted octanol–water partition coefficient (Wildman–Crippen LogP) is -0.752. The molecule has 28 heavy (non-hydrogen) atoms. The van der Waals surface area contributed by atoms with Gasteiger partial charge in [-0.15, -0.1) is 0 Å². The summed E-state index contributed by atoms with van der Waals surface area (Å²) in [4.78, 5) is 23.5. The molecule has 1 aliphatic rings. The zero-order valence-electron chi connectivity index (χ0n) is 16.4. The lowest BCUT2D eigenvalue weighted by Gasteiger charge is -2.39. The molecule has 164 valence electrons. The van der Waals surface area contributed by atoms with Crippen LogP contribution >= 0.6 is 0 Å². The van der Waals surface area contributed by atoms with Gasteiger partial charge in [0.05, 0.1) is 13.2 Å². The first-order chi connectivity index (χ1) is 13.3. The van der Waals surface area contributed by atoms with Crippen molar-refractivity contribution in [3.8, 4) is 0 Å². The summed E-state index contributed by atoms with van der Waals surface area (Å²) in [5.74, 6) is -0.916. The SMILES string of the molecule is CCCCC(=O)OC(COC(=O)CCC)COC1OC(CO)C(O)C(O)C1O. The summed E-state index contributed by atoms with van der Waals surface area (Å²) in [5, 5.41) is 38.7. The van der Waals surface area contributed by atoms with Gasteiger partial charge in [-0.1, -0.05) is 20.3 Å². The molecule has 0 bridgehead atoms. The minimum absolute atomic E-state index is 0.204. The van der Waals surface area contributed by atoms with Crippen molar-refractivity contribution in [1.82, 2.24) is 0 Å². The topological polar surface area (TPSA) is 152 Å². The smallest absolute Gasteiger partial charge is 0.306 e. The molecule has 0 aromatic heterocycles. The van der Waals surface area contributed by atoms with E-state index in [0.717, 1.165) is 6.42 Å². The van der Waals surface area contributed by atoms with E-state index in [1.54, 1.807) is 0 Å². The van der Waals surface area contributed by atoms with Crippen LogP contribution in [0, 0.1) is 0 Å². The molecule has 6 atom stereocenters. The Hall–Kier alpha value is -1.30. The summed E-state index contributed by atoms with van der Waals surface area (Å²) in [6, 6.07) is 0. The predicted molar refractivity (Wildman–Crippen MR) is 95.0 cm³/mol. The van der Waals surface area contributed by atoms with Gasteiger partial charge in [0.15, 0.2) is 12.4 Å². The van der Waals surface area contributed by atoms with Crippen LogP contribution in [0.4, 0.5) is 0 Å². The Morgan fingerprint density at radius 2 is 1.68 bits per heavy atom. The van der Waals surface area contributed by atoms with E-state index in [4.69, 9.17) is 18.9 Å². The summed E-state index contributed by atoms with van der Waals surface area (Å²) in [7, 11) is 0. The van der Waals surface area contributed by atoms with E-state index in [-0.39, 0.29) is 26.1 Å². The zero-order chi connectivity index (χ0) is 21.1. The van der Waals surface area contributed by atoms with Gasteiger partial charge in [-0.05, 0) is 12.8 Å². The lowest BCUT2D eigenvalue weighted by molar-refractivity contribution is -0.305. The molecule has 0 aromatic rings. The Morgan fingerprint density at radius 1 is 0.964 bits per heavy atom. The van der Waals surface area contributed by atoms with Crippen molar-refractivity contribution in [3.05, 3.63) is 0 Å². The highest BCUT2D eigenvalue weighted by atomic mass is 16.7. The van der Waals surface area contributed by atoms with Gasteiger partial charge in [0.1, 0.15) is 31.0 Å². The number of rotatable bonds is 12. The molecule has 6 unspecified atom stereocenters. The van der Waals surface area contributed by atoms with Crippen LogP contribution < -0.4 is 0 Å². The molecule has 0 aromatic carbocycles. The lowest BCUT2D eigenvalue weighted by atomic mass is 9.99. The number of carbonyl (C=O) groups excluding carboxylic acids is 2. The van der Waals surface area contributed by atoms with E-state index in [2.05, 4.69) is 0 Å². The summed E-state index contributed by atoms with van der Waals surface area (Å²) < 4.78 is 21.0. The van der Waals surface area contributed by atoms with Crippen LogP contribution in [-0.4, -0.2) is 89.0 Å². The average Bonchev–Trinajstić information content (AvgIpc) is 2.68. The van der Waals surface area contributed by atoms with Crippen molar-refractivity contribution >= 4 is 11.9 Å². The summed E-state index contributed by atoms with van der Waals surface area (Å²) in [6.07, 6.45) is -5.56. The molecular weight excluding hydrogens is 376 g/mol. The van der Waals surface area contributed by atoms with Gasteiger partial charge in [0.25, 0.3) is 0 Å². The first kappa shape index (κ1) is 24.7.